The molecule has 0 spiro atoms. The number of anilines is 3. The maximum atomic E-state index is 14.7. The van der Waals surface area contributed by atoms with Crippen molar-refractivity contribution in [2.75, 3.05) is 17.7 Å². The largest absolute Gasteiger partial charge is 0.387 e. The highest BCUT2D eigenvalue weighted by molar-refractivity contribution is 6.34. The van der Waals surface area contributed by atoms with Crippen molar-refractivity contribution in [1.82, 2.24) is 28.9 Å². The van der Waals surface area contributed by atoms with Crippen molar-refractivity contribution in [2.24, 2.45) is 7.05 Å². The minimum absolute atomic E-state index is 0.107. The molecule has 0 amide bonds. The summed E-state index contributed by atoms with van der Waals surface area (Å²) in [7, 11) is 3.40. The minimum Gasteiger partial charge on any atom is -0.387 e. The van der Waals surface area contributed by atoms with E-state index in [1.807, 2.05) is 0 Å². The lowest BCUT2D eigenvalue weighted by Gasteiger charge is -2.17. The normalized spacial score (nSPS) is 11.2. The van der Waals surface area contributed by atoms with Crippen LogP contribution in [0.3, 0.4) is 0 Å². The van der Waals surface area contributed by atoms with Gasteiger partial charge in [-0.15, -0.1) is 0 Å². The lowest BCUT2D eigenvalue weighted by atomic mass is 10.2. The Morgan fingerprint density at radius 3 is 2.55 bits per heavy atom. The summed E-state index contributed by atoms with van der Waals surface area (Å²) in [5, 5.41) is 10.7. The van der Waals surface area contributed by atoms with Gasteiger partial charge in [-0.05, 0) is 24.3 Å². The van der Waals surface area contributed by atoms with E-state index in [1.54, 1.807) is 37.1 Å². The van der Waals surface area contributed by atoms with Crippen molar-refractivity contribution >= 4 is 51.4 Å². The number of aryl methyl sites for hydroxylation is 1. The Morgan fingerprint density at radius 2 is 1.79 bits per heavy atom. The number of nitrogens with zero attached hydrogens (tertiary/aromatic N) is 6. The van der Waals surface area contributed by atoms with Crippen LogP contribution in [-0.4, -0.2) is 35.9 Å². The first-order valence-electron chi connectivity index (χ1n) is 11.0. The van der Waals surface area contributed by atoms with E-state index in [1.165, 1.54) is 18.5 Å². The van der Waals surface area contributed by atoms with E-state index in [2.05, 4.69) is 25.7 Å². The molecule has 2 N–H and O–H groups in total. The summed E-state index contributed by atoms with van der Waals surface area (Å²) in [5.74, 6) is -2.11. The average molecular weight is 559 g/mol. The van der Waals surface area contributed by atoms with Gasteiger partial charge in [-0.3, -0.25) is 14.2 Å². The molecule has 0 radical (unpaired) electrons. The molecule has 0 bridgehead atoms. The first-order valence-corrected chi connectivity index (χ1v) is 11.8. The SMILES string of the molecule is CNc1cncc(-n2c(=O)nc(Nc3cc4cn(C)nc4cc3Cl)n(Cc3cc(Cl)c(F)cc3F)c2=O)c1. The first-order chi connectivity index (χ1) is 18.1. The number of hydrogen-bond donors (Lipinski definition) is 2. The molecule has 14 heteroatoms. The van der Waals surface area contributed by atoms with Crippen molar-refractivity contribution < 1.29 is 8.78 Å². The van der Waals surface area contributed by atoms with Gasteiger partial charge < -0.3 is 10.6 Å². The van der Waals surface area contributed by atoms with Crippen LogP contribution in [0.5, 0.6) is 0 Å². The molecule has 10 nitrogen and oxygen atoms in total. The van der Waals surface area contributed by atoms with Crippen LogP contribution in [0.15, 0.2) is 58.5 Å². The Bertz CT molecular complexity index is 1830. The van der Waals surface area contributed by atoms with Gasteiger partial charge in [-0.1, -0.05) is 23.2 Å². The lowest BCUT2D eigenvalue weighted by Crippen LogP contribution is -2.42. The summed E-state index contributed by atoms with van der Waals surface area (Å²) >= 11 is 12.3. The summed E-state index contributed by atoms with van der Waals surface area (Å²) in [6.45, 7) is -0.438. The number of pyridine rings is 1. The molecular weight excluding hydrogens is 541 g/mol. The van der Waals surface area contributed by atoms with E-state index in [0.29, 0.717) is 23.0 Å². The van der Waals surface area contributed by atoms with Gasteiger partial charge in [-0.2, -0.15) is 10.1 Å². The minimum atomic E-state index is -0.951. The maximum absolute atomic E-state index is 14.7. The molecular formula is C24H18Cl2F2N8O2. The van der Waals surface area contributed by atoms with Gasteiger partial charge in [0.05, 0.1) is 51.6 Å². The molecule has 0 aliphatic carbocycles. The van der Waals surface area contributed by atoms with Crippen molar-refractivity contribution in [3.63, 3.8) is 0 Å². The van der Waals surface area contributed by atoms with Crippen LogP contribution in [0, 0.1) is 11.6 Å². The first kappa shape index (κ1) is 25.4. The van der Waals surface area contributed by atoms with Gasteiger partial charge in [0, 0.05) is 37.3 Å². The molecule has 5 rings (SSSR count). The van der Waals surface area contributed by atoms with Crippen molar-refractivity contribution in [2.45, 2.75) is 6.54 Å². The van der Waals surface area contributed by atoms with Crippen molar-refractivity contribution in [1.29, 1.82) is 0 Å². The van der Waals surface area contributed by atoms with Crippen LogP contribution < -0.4 is 22.0 Å². The van der Waals surface area contributed by atoms with Gasteiger partial charge in [0.1, 0.15) is 11.6 Å². The topological polar surface area (TPSA) is 112 Å². The Morgan fingerprint density at radius 1 is 1.00 bits per heavy atom. The molecule has 5 aromatic rings. The lowest BCUT2D eigenvalue weighted by molar-refractivity contribution is 0.559. The van der Waals surface area contributed by atoms with Gasteiger partial charge in [0.2, 0.25) is 5.95 Å². The van der Waals surface area contributed by atoms with Crippen LogP contribution in [0.1, 0.15) is 5.56 Å². The number of halogens is 4. The molecule has 0 unspecified atom stereocenters. The Labute approximate surface area is 223 Å². The smallest absolute Gasteiger partial charge is 0.359 e. The molecule has 0 aliphatic rings. The Kier molecular flexibility index (Phi) is 6.59. The number of nitrogens with one attached hydrogen (secondary N) is 2. The van der Waals surface area contributed by atoms with Crippen molar-refractivity contribution in [3.8, 4) is 5.69 Å². The number of benzene rings is 2. The predicted molar refractivity (Wildman–Crippen MR) is 141 cm³/mol. The third-order valence-electron chi connectivity index (χ3n) is 5.71. The number of rotatable bonds is 6. The molecule has 194 valence electrons. The molecule has 2 aromatic carbocycles. The highest BCUT2D eigenvalue weighted by Crippen LogP contribution is 2.29. The second-order valence-corrected chi connectivity index (χ2v) is 9.09. The highest BCUT2D eigenvalue weighted by atomic mass is 35.5. The monoisotopic (exact) mass is 558 g/mol. The fourth-order valence-electron chi connectivity index (χ4n) is 3.88. The van der Waals surface area contributed by atoms with E-state index < -0.39 is 29.6 Å². The van der Waals surface area contributed by atoms with Gasteiger partial charge >= 0.3 is 11.4 Å². The number of aromatic nitrogens is 6. The van der Waals surface area contributed by atoms with Gasteiger partial charge in [0.15, 0.2) is 0 Å². The standard InChI is InChI=1S/C24H18Cl2F2N8O2/c1-29-14-5-15(9-30-8-14)36-23(37)32-22(31-21-4-13-10-34(2)33-20(13)6-17(21)26)35(24(36)38)11-12-3-16(25)19(28)7-18(12)27/h3-10,29H,11H2,1-2H3,(H,31,32,37). The molecule has 3 aromatic heterocycles. The molecule has 0 saturated carbocycles. The van der Waals surface area contributed by atoms with Crippen LogP contribution in [0.2, 0.25) is 10.0 Å². The zero-order valence-electron chi connectivity index (χ0n) is 19.8. The van der Waals surface area contributed by atoms with E-state index >= 15 is 0 Å². The van der Waals surface area contributed by atoms with Crippen LogP contribution in [0.25, 0.3) is 16.6 Å². The van der Waals surface area contributed by atoms with Gasteiger partial charge in [-0.25, -0.2) is 22.9 Å². The third kappa shape index (κ3) is 4.71. The number of hydrogen-bond acceptors (Lipinski definition) is 7. The average Bonchev–Trinajstić information content (AvgIpc) is 3.23. The van der Waals surface area contributed by atoms with E-state index in [0.717, 1.165) is 20.6 Å². The molecule has 3 heterocycles. The summed E-state index contributed by atoms with van der Waals surface area (Å²) in [4.78, 5) is 34.9. The molecule has 0 aliphatic heterocycles. The zero-order chi connectivity index (χ0) is 27.1. The quantitative estimate of drug-likeness (QED) is 0.302. The fourth-order valence-corrected chi connectivity index (χ4v) is 4.27. The molecule has 0 atom stereocenters. The third-order valence-corrected chi connectivity index (χ3v) is 6.32. The molecule has 38 heavy (non-hydrogen) atoms. The second kappa shape index (κ2) is 9.88. The summed E-state index contributed by atoms with van der Waals surface area (Å²) < 4.78 is 31.9. The summed E-state index contributed by atoms with van der Waals surface area (Å²) in [6, 6.07) is 6.49. The van der Waals surface area contributed by atoms with Gasteiger partial charge in [0.25, 0.3) is 0 Å². The molecule has 0 fully saturated rings. The predicted octanol–water partition coefficient (Wildman–Crippen LogP) is 4.09. The maximum Gasteiger partial charge on any atom is 0.359 e. The summed E-state index contributed by atoms with van der Waals surface area (Å²) in [6.07, 6.45) is 4.57. The van der Waals surface area contributed by atoms with Crippen molar-refractivity contribution in [3.05, 3.63) is 97.1 Å². The summed E-state index contributed by atoms with van der Waals surface area (Å²) in [5.41, 5.74) is -0.266. The van der Waals surface area contributed by atoms with Crippen LogP contribution in [0.4, 0.5) is 26.1 Å². The van der Waals surface area contributed by atoms with E-state index in [-0.39, 0.29) is 27.2 Å². The second-order valence-electron chi connectivity index (χ2n) is 8.28. The van der Waals surface area contributed by atoms with E-state index in [9.17, 15) is 18.4 Å². The molecule has 0 saturated heterocycles. The Hall–Kier alpha value is -4.29. The van der Waals surface area contributed by atoms with Crippen LogP contribution >= 0.6 is 23.2 Å². The highest BCUT2D eigenvalue weighted by Gasteiger charge is 2.19. The zero-order valence-corrected chi connectivity index (χ0v) is 21.3. The fraction of sp³-hybridized carbons (Fsp3) is 0.125. The van der Waals surface area contributed by atoms with Crippen LogP contribution in [-0.2, 0) is 13.6 Å². The Balaban J connectivity index is 1.70. The number of fused-ring (bicyclic) bond motifs is 1. The van der Waals surface area contributed by atoms with E-state index in [4.69, 9.17) is 23.2 Å².